The average molecular weight is 413 g/mol. The molecule has 7 heteroatoms. The van der Waals surface area contributed by atoms with Gasteiger partial charge in [0, 0.05) is 12.2 Å². The van der Waals surface area contributed by atoms with Crippen molar-refractivity contribution < 1.29 is 4.79 Å². The minimum absolute atomic E-state index is 0.0140. The second-order valence-corrected chi connectivity index (χ2v) is 9.10. The number of nitrogens with one attached hydrogen (secondary N) is 2. The molecule has 3 rings (SSSR count). The molecule has 3 aromatic rings. The smallest absolute Gasteiger partial charge is 0.233 e. The third kappa shape index (κ3) is 5.56. The molecule has 1 unspecified atom stereocenters. The van der Waals surface area contributed by atoms with Gasteiger partial charge in [-0.3, -0.25) is 4.79 Å². The van der Waals surface area contributed by atoms with E-state index in [9.17, 15) is 4.79 Å². The molecule has 28 heavy (non-hydrogen) atoms. The SMILES string of the molecule is Cc1cccc(Nc2nnc(SC(C)C(=O)NCCc3ccccc3)s2)c1C. The highest BCUT2D eigenvalue weighted by Crippen LogP contribution is 2.31. The fraction of sp³-hybridized carbons (Fsp3) is 0.286. The first-order chi connectivity index (χ1) is 13.5. The van der Waals surface area contributed by atoms with E-state index < -0.39 is 0 Å². The second-order valence-electron chi connectivity index (χ2n) is 6.53. The van der Waals surface area contributed by atoms with Gasteiger partial charge in [-0.25, -0.2) is 0 Å². The number of amides is 1. The molecule has 0 bridgehead atoms. The molecular formula is C21H24N4OS2. The Morgan fingerprint density at radius 1 is 1.11 bits per heavy atom. The van der Waals surface area contributed by atoms with Crippen LogP contribution >= 0.6 is 23.1 Å². The average Bonchev–Trinajstić information content (AvgIpc) is 3.13. The van der Waals surface area contributed by atoms with Gasteiger partial charge >= 0.3 is 0 Å². The first kappa shape index (κ1) is 20.4. The summed E-state index contributed by atoms with van der Waals surface area (Å²) in [6, 6.07) is 16.3. The van der Waals surface area contributed by atoms with Crippen LogP contribution in [0.15, 0.2) is 52.9 Å². The van der Waals surface area contributed by atoms with E-state index in [1.807, 2.05) is 37.3 Å². The van der Waals surface area contributed by atoms with Gasteiger partial charge in [-0.05, 0) is 49.9 Å². The van der Waals surface area contributed by atoms with Crippen LogP contribution in [0.1, 0.15) is 23.6 Å². The fourth-order valence-corrected chi connectivity index (χ4v) is 4.57. The number of aromatic nitrogens is 2. The number of benzene rings is 2. The van der Waals surface area contributed by atoms with Crippen molar-refractivity contribution >= 4 is 39.8 Å². The molecule has 0 saturated carbocycles. The molecule has 1 atom stereocenters. The Morgan fingerprint density at radius 3 is 2.68 bits per heavy atom. The molecule has 2 aromatic carbocycles. The molecule has 0 aliphatic heterocycles. The van der Waals surface area contributed by atoms with E-state index in [0.717, 1.165) is 21.6 Å². The monoisotopic (exact) mass is 412 g/mol. The third-order valence-corrected chi connectivity index (χ3v) is 6.48. The Morgan fingerprint density at radius 2 is 1.89 bits per heavy atom. The molecule has 1 amide bonds. The highest BCUT2D eigenvalue weighted by atomic mass is 32.2. The maximum Gasteiger partial charge on any atom is 0.233 e. The second kappa shape index (κ2) is 9.71. The van der Waals surface area contributed by atoms with E-state index in [1.54, 1.807) is 0 Å². The molecule has 0 fully saturated rings. The summed E-state index contributed by atoms with van der Waals surface area (Å²) in [5.74, 6) is 0.0140. The van der Waals surface area contributed by atoms with Crippen molar-refractivity contribution in [2.75, 3.05) is 11.9 Å². The van der Waals surface area contributed by atoms with Crippen molar-refractivity contribution in [2.45, 2.75) is 36.8 Å². The topological polar surface area (TPSA) is 66.9 Å². The number of carbonyl (C=O) groups excluding carboxylic acids is 1. The molecule has 146 valence electrons. The van der Waals surface area contributed by atoms with Crippen LogP contribution < -0.4 is 10.6 Å². The summed E-state index contributed by atoms with van der Waals surface area (Å²) >= 11 is 2.89. The first-order valence-corrected chi connectivity index (χ1v) is 10.9. The lowest BCUT2D eigenvalue weighted by atomic mass is 10.1. The number of aryl methyl sites for hydroxylation is 1. The Balaban J connectivity index is 1.49. The van der Waals surface area contributed by atoms with Crippen LogP contribution in [0.4, 0.5) is 10.8 Å². The molecule has 1 heterocycles. The lowest BCUT2D eigenvalue weighted by Gasteiger charge is -2.10. The quantitative estimate of drug-likeness (QED) is 0.523. The van der Waals surface area contributed by atoms with E-state index in [0.29, 0.717) is 6.54 Å². The van der Waals surface area contributed by atoms with Crippen molar-refractivity contribution in [1.82, 2.24) is 15.5 Å². The molecule has 0 aliphatic carbocycles. The fourth-order valence-electron chi connectivity index (χ4n) is 2.63. The van der Waals surface area contributed by atoms with Crippen LogP contribution in [0.3, 0.4) is 0 Å². The van der Waals surface area contributed by atoms with Gasteiger partial charge in [0.1, 0.15) is 0 Å². The zero-order chi connectivity index (χ0) is 19.9. The van der Waals surface area contributed by atoms with Crippen LogP contribution in [0.2, 0.25) is 0 Å². The van der Waals surface area contributed by atoms with Gasteiger partial charge < -0.3 is 10.6 Å². The van der Waals surface area contributed by atoms with Crippen molar-refractivity contribution in [3.63, 3.8) is 0 Å². The van der Waals surface area contributed by atoms with Gasteiger partial charge in [0.2, 0.25) is 11.0 Å². The first-order valence-electron chi connectivity index (χ1n) is 9.18. The lowest BCUT2D eigenvalue weighted by Crippen LogP contribution is -2.32. The summed E-state index contributed by atoms with van der Waals surface area (Å²) in [5.41, 5.74) is 4.66. The number of anilines is 2. The zero-order valence-electron chi connectivity index (χ0n) is 16.2. The van der Waals surface area contributed by atoms with Crippen molar-refractivity contribution in [3.8, 4) is 0 Å². The number of thioether (sulfide) groups is 1. The van der Waals surface area contributed by atoms with E-state index >= 15 is 0 Å². The number of hydrogen-bond acceptors (Lipinski definition) is 6. The maximum absolute atomic E-state index is 12.3. The minimum Gasteiger partial charge on any atom is -0.355 e. The number of hydrogen-bond donors (Lipinski definition) is 2. The summed E-state index contributed by atoms with van der Waals surface area (Å²) in [5, 5.41) is 15.2. The van der Waals surface area contributed by atoms with Gasteiger partial charge in [-0.1, -0.05) is 65.6 Å². The largest absolute Gasteiger partial charge is 0.355 e. The highest BCUT2D eigenvalue weighted by Gasteiger charge is 2.17. The van der Waals surface area contributed by atoms with Crippen molar-refractivity contribution in [1.29, 1.82) is 0 Å². The van der Waals surface area contributed by atoms with Gasteiger partial charge in [0.25, 0.3) is 0 Å². The van der Waals surface area contributed by atoms with Crippen molar-refractivity contribution in [2.24, 2.45) is 0 Å². The number of rotatable bonds is 8. The molecule has 5 nitrogen and oxygen atoms in total. The highest BCUT2D eigenvalue weighted by molar-refractivity contribution is 8.02. The molecular weight excluding hydrogens is 388 g/mol. The molecule has 0 saturated heterocycles. The third-order valence-electron chi connectivity index (χ3n) is 4.46. The Labute approximate surface area is 174 Å². The normalized spacial score (nSPS) is 11.8. The zero-order valence-corrected chi connectivity index (χ0v) is 17.9. The van der Waals surface area contributed by atoms with Crippen LogP contribution in [0, 0.1) is 13.8 Å². The number of carbonyl (C=O) groups is 1. The maximum atomic E-state index is 12.3. The molecule has 2 N–H and O–H groups in total. The van der Waals surface area contributed by atoms with Gasteiger partial charge in [0.15, 0.2) is 4.34 Å². The van der Waals surface area contributed by atoms with E-state index in [-0.39, 0.29) is 11.2 Å². The Hall–Kier alpha value is -2.38. The summed E-state index contributed by atoms with van der Waals surface area (Å²) < 4.78 is 0.776. The van der Waals surface area contributed by atoms with Gasteiger partial charge in [-0.15, -0.1) is 10.2 Å². The van der Waals surface area contributed by atoms with Crippen LogP contribution in [-0.2, 0) is 11.2 Å². The minimum atomic E-state index is -0.225. The molecule has 0 radical (unpaired) electrons. The van der Waals surface area contributed by atoms with Crippen LogP contribution in [0.5, 0.6) is 0 Å². The molecule has 1 aromatic heterocycles. The lowest BCUT2D eigenvalue weighted by molar-refractivity contribution is -0.120. The standard InChI is InChI=1S/C21H24N4OS2/c1-14-8-7-11-18(15(14)2)23-20-24-25-21(28-20)27-16(3)19(26)22-13-12-17-9-5-4-6-10-17/h4-11,16H,12-13H2,1-3H3,(H,22,26)(H,23,24). The summed E-state index contributed by atoms with van der Waals surface area (Å²) in [6.07, 6.45) is 0.826. The predicted octanol–water partition coefficient (Wildman–Crippen LogP) is 4.74. The molecule has 0 aliphatic rings. The number of nitrogens with zero attached hydrogens (tertiary/aromatic N) is 2. The van der Waals surface area contributed by atoms with Gasteiger partial charge in [0.05, 0.1) is 5.25 Å². The summed E-state index contributed by atoms with van der Waals surface area (Å²) in [6.45, 7) is 6.68. The van der Waals surface area contributed by atoms with Crippen LogP contribution in [-0.4, -0.2) is 27.9 Å². The Kier molecular flexibility index (Phi) is 7.06. The van der Waals surface area contributed by atoms with E-state index in [1.165, 1.54) is 39.8 Å². The predicted molar refractivity (Wildman–Crippen MR) is 118 cm³/mol. The van der Waals surface area contributed by atoms with E-state index in [2.05, 4.69) is 52.9 Å². The van der Waals surface area contributed by atoms with Crippen molar-refractivity contribution in [3.05, 3.63) is 65.2 Å². The van der Waals surface area contributed by atoms with E-state index in [4.69, 9.17) is 0 Å². The molecule has 0 spiro atoms. The Bertz CT molecular complexity index is 927. The summed E-state index contributed by atoms with van der Waals surface area (Å²) in [4.78, 5) is 12.3. The van der Waals surface area contributed by atoms with Crippen LogP contribution in [0.25, 0.3) is 0 Å². The van der Waals surface area contributed by atoms with Gasteiger partial charge in [-0.2, -0.15) is 0 Å². The summed E-state index contributed by atoms with van der Waals surface area (Å²) in [7, 11) is 0.